The monoisotopic (exact) mass is 372 g/mol. The smallest absolute Gasteiger partial charge is 0.332 e. The molecule has 8 heteroatoms. The first-order chi connectivity index (χ1) is 12.4. The predicted octanol–water partition coefficient (Wildman–Crippen LogP) is 2.05. The maximum Gasteiger partial charge on any atom is 0.332 e. The zero-order chi connectivity index (χ0) is 18.7. The number of halogens is 1. The van der Waals surface area contributed by atoms with E-state index in [2.05, 4.69) is 0 Å². The molecule has 0 aliphatic carbocycles. The van der Waals surface area contributed by atoms with Crippen LogP contribution in [0.1, 0.15) is 30.9 Å². The molecule has 0 saturated carbocycles. The molecular weight excluding hydrogens is 356 g/mol. The van der Waals surface area contributed by atoms with Crippen LogP contribution in [0.3, 0.4) is 0 Å². The van der Waals surface area contributed by atoms with Gasteiger partial charge in [-0.3, -0.25) is 9.59 Å². The Balaban J connectivity index is 1.72. The fraction of sp³-hybridized carbons (Fsp3) is 0.444. The van der Waals surface area contributed by atoms with Gasteiger partial charge in [-0.1, -0.05) is 18.5 Å². The average Bonchev–Trinajstić information content (AvgIpc) is 3.29. The van der Waals surface area contributed by atoms with Crippen molar-refractivity contribution >= 4 is 35.1 Å². The Kier molecular flexibility index (Phi) is 3.70. The van der Waals surface area contributed by atoms with E-state index in [1.165, 1.54) is 6.07 Å². The predicted molar refractivity (Wildman–Crippen MR) is 93.6 cm³/mol. The number of urea groups is 1. The molecule has 26 heavy (non-hydrogen) atoms. The fourth-order valence-corrected chi connectivity index (χ4v) is 4.57. The highest BCUT2D eigenvalue weighted by atomic mass is 35.5. The summed E-state index contributed by atoms with van der Waals surface area (Å²) < 4.78 is 0. The highest BCUT2D eigenvalue weighted by Crippen LogP contribution is 2.43. The largest absolute Gasteiger partial charge is 0.335 e. The lowest BCUT2D eigenvalue weighted by Crippen LogP contribution is -2.54. The Morgan fingerprint density at radius 2 is 2.12 bits per heavy atom. The zero-order valence-electron chi connectivity index (χ0n) is 14.4. The number of fused-ring (bicyclic) bond motifs is 5. The van der Waals surface area contributed by atoms with Crippen molar-refractivity contribution in [1.29, 1.82) is 5.26 Å². The molecule has 3 saturated heterocycles. The lowest BCUT2D eigenvalue weighted by Gasteiger charge is -2.34. The van der Waals surface area contributed by atoms with Crippen molar-refractivity contribution in [2.24, 2.45) is 0 Å². The van der Waals surface area contributed by atoms with Gasteiger partial charge >= 0.3 is 6.03 Å². The second kappa shape index (κ2) is 5.71. The second-order valence-corrected chi connectivity index (χ2v) is 7.23. The number of carbonyl (C=O) groups excluding carboxylic acids is 3. The number of carbonyl (C=O) groups is 3. The van der Waals surface area contributed by atoms with E-state index < -0.39 is 6.04 Å². The third-order valence-electron chi connectivity index (χ3n) is 5.61. The van der Waals surface area contributed by atoms with Crippen molar-refractivity contribution in [2.75, 3.05) is 11.4 Å². The van der Waals surface area contributed by atoms with Gasteiger partial charge in [-0.15, -0.1) is 0 Å². The SMILES string of the molecule is CCC(=O)N1CC2CC1[C@H]1C(=O)N(c3ccc(C#N)c(Cl)c3C)C(=O)N21. The summed E-state index contributed by atoms with van der Waals surface area (Å²) in [4.78, 5) is 42.7. The van der Waals surface area contributed by atoms with E-state index >= 15 is 0 Å². The van der Waals surface area contributed by atoms with E-state index in [9.17, 15) is 14.4 Å². The van der Waals surface area contributed by atoms with Crippen LogP contribution in [0, 0.1) is 18.3 Å². The summed E-state index contributed by atoms with van der Waals surface area (Å²) >= 11 is 6.21. The van der Waals surface area contributed by atoms with Crippen LogP contribution in [0.5, 0.6) is 0 Å². The van der Waals surface area contributed by atoms with Gasteiger partial charge in [-0.05, 0) is 31.0 Å². The van der Waals surface area contributed by atoms with E-state index in [4.69, 9.17) is 16.9 Å². The molecule has 2 unspecified atom stereocenters. The Morgan fingerprint density at radius 3 is 2.77 bits per heavy atom. The third-order valence-corrected chi connectivity index (χ3v) is 6.09. The number of benzene rings is 1. The molecule has 1 aromatic carbocycles. The van der Waals surface area contributed by atoms with Crippen molar-refractivity contribution < 1.29 is 14.4 Å². The molecule has 0 aromatic heterocycles. The van der Waals surface area contributed by atoms with E-state index in [-0.39, 0.29) is 35.0 Å². The summed E-state index contributed by atoms with van der Waals surface area (Å²) in [5.74, 6) is -0.326. The fourth-order valence-electron chi connectivity index (χ4n) is 4.37. The van der Waals surface area contributed by atoms with Gasteiger partial charge in [-0.2, -0.15) is 5.26 Å². The standard InChI is InChI=1S/C18H17ClN4O3/c1-3-14(24)21-8-11-6-13(21)16-17(25)23(18(26)22(11)16)12-5-4-10(7-20)15(19)9(12)2/h4-5,11,13,16H,3,6,8H2,1-2H3/t11?,13?,16-/m0/s1. The van der Waals surface area contributed by atoms with Crippen LogP contribution in [0.25, 0.3) is 0 Å². The summed E-state index contributed by atoms with van der Waals surface area (Å²) in [6.45, 7) is 3.96. The minimum atomic E-state index is -0.634. The molecule has 2 bridgehead atoms. The maximum absolute atomic E-state index is 13.1. The van der Waals surface area contributed by atoms with E-state index in [1.807, 2.05) is 6.07 Å². The molecule has 1 aromatic rings. The van der Waals surface area contributed by atoms with Crippen molar-refractivity contribution in [1.82, 2.24) is 9.80 Å². The van der Waals surface area contributed by atoms with Crippen molar-refractivity contribution in [3.63, 3.8) is 0 Å². The minimum Gasteiger partial charge on any atom is -0.335 e. The Bertz CT molecular complexity index is 893. The Morgan fingerprint density at radius 1 is 1.38 bits per heavy atom. The van der Waals surface area contributed by atoms with Gasteiger partial charge in [0.05, 0.1) is 28.4 Å². The molecule has 7 nitrogen and oxygen atoms in total. The number of rotatable bonds is 2. The number of anilines is 1. The molecular formula is C18H17ClN4O3. The highest BCUT2D eigenvalue weighted by molar-refractivity contribution is 6.33. The van der Waals surface area contributed by atoms with Gasteiger partial charge in [-0.25, -0.2) is 9.69 Å². The highest BCUT2D eigenvalue weighted by Gasteiger charge is 2.62. The summed E-state index contributed by atoms with van der Waals surface area (Å²) in [6.07, 6.45) is 1.03. The van der Waals surface area contributed by atoms with Crippen LogP contribution >= 0.6 is 11.6 Å². The zero-order valence-corrected chi connectivity index (χ0v) is 15.2. The normalized spacial score (nSPS) is 26.5. The molecule has 0 radical (unpaired) electrons. The first-order valence-electron chi connectivity index (χ1n) is 8.55. The first kappa shape index (κ1) is 16.9. The molecule has 3 aliphatic heterocycles. The van der Waals surface area contributed by atoms with Crippen molar-refractivity contribution in [2.45, 2.75) is 44.8 Å². The molecule has 3 heterocycles. The topological polar surface area (TPSA) is 84.7 Å². The number of nitriles is 1. The maximum atomic E-state index is 13.1. The van der Waals surface area contributed by atoms with E-state index in [1.54, 1.807) is 29.7 Å². The number of hydrogen-bond acceptors (Lipinski definition) is 4. The first-order valence-corrected chi connectivity index (χ1v) is 8.93. The van der Waals surface area contributed by atoms with Crippen LogP contribution in [0.2, 0.25) is 5.02 Å². The molecule has 4 rings (SSSR count). The van der Waals surface area contributed by atoms with Gasteiger partial charge in [0.1, 0.15) is 12.1 Å². The minimum absolute atomic E-state index is 0.00782. The Labute approximate surface area is 155 Å². The van der Waals surface area contributed by atoms with E-state index in [0.29, 0.717) is 36.2 Å². The summed E-state index contributed by atoms with van der Waals surface area (Å²) in [5.41, 5.74) is 1.21. The van der Waals surface area contributed by atoms with Crippen molar-refractivity contribution in [3.05, 3.63) is 28.3 Å². The number of nitrogens with zero attached hydrogens (tertiary/aromatic N) is 4. The van der Waals surface area contributed by atoms with Gasteiger partial charge < -0.3 is 9.80 Å². The van der Waals surface area contributed by atoms with Crippen LogP contribution in [0.4, 0.5) is 10.5 Å². The van der Waals surface area contributed by atoms with Crippen molar-refractivity contribution in [3.8, 4) is 6.07 Å². The van der Waals surface area contributed by atoms with Gasteiger partial charge in [0.15, 0.2) is 0 Å². The molecule has 0 N–H and O–H groups in total. The van der Waals surface area contributed by atoms with E-state index in [0.717, 1.165) is 4.90 Å². The van der Waals surface area contributed by atoms with Gasteiger partial charge in [0.25, 0.3) is 5.91 Å². The van der Waals surface area contributed by atoms with Crippen LogP contribution in [-0.4, -0.2) is 52.3 Å². The van der Waals surface area contributed by atoms with Crippen LogP contribution < -0.4 is 4.90 Å². The molecule has 3 fully saturated rings. The molecule has 134 valence electrons. The van der Waals surface area contributed by atoms with Gasteiger partial charge in [0.2, 0.25) is 5.91 Å². The summed E-state index contributed by atoms with van der Waals surface area (Å²) in [5, 5.41) is 9.33. The molecule has 0 spiro atoms. The number of piperazine rings is 1. The summed E-state index contributed by atoms with van der Waals surface area (Å²) in [7, 11) is 0. The summed E-state index contributed by atoms with van der Waals surface area (Å²) in [6, 6.07) is 3.68. The quantitative estimate of drug-likeness (QED) is 0.744. The molecule has 4 amide bonds. The van der Waals surface area contributed by atoms with Crippen LogP contribution in [0.15, 0.2) is 12.1 Å². The molecule has 3 atom stereocenters. The average molecular weight is 373 g/mol. The molecule has 3 aliphatic rings. The number of likely N-dealkylation sites (tertiary alicyclic amines) is 1. The number of imide groups is 1. The second-order valence-electron chi connectivity index (χ2n) is 6.85. The third kappa shape index (κ3) is 2.02. The number of amides is 4. The van der Waals surface area contributed by atoms with Gasteiger partial charge in [0, 0.05) is 13.0 Å². The lowest BCUT2D eigenvalue weighted by molar-refractivity contribution is -0.135. The Hall–Kier alpha value is -2.59. The van der Waals surface area contributed by atoms with Crippen LogP contribution in [-0.2, 0) is 9.59 Å². The lowest BCUT2D eigenvalue weighted by atomic mass is 10.1. The number of hydrogen-bond donors (Lipinski definition) is 0.